The molecule has 29 heavy (non-hydrogen) atoms. The second-order valence-corrected chi connectivity index (χ2v) is 6.68. The Bertz CT molecular complexity index is 593. The monoisotopic (exact) mass is 419 g/mol. The van der Waals surface area contributed by atoms with Crippen molar-refractivity contribution in [3.05, 3.63) is 0 Å². The highest BCUT2D eigenvalue weighted by atomic mass is 16.7. The first-order chi connectivity index (χ1) is 13.5. The Hall–Kier alpha value is -2.24. The van der Waals surface area contributed by atoms with Crippen molar-refractivity contribution in [2.75, 3.05) is 33.9 Å². The van der Waals surface area contributed by atoms with Crippen LogP contribution in [0.25, 0.3) is 0 Å². The highest BCUT2D eigenvalue weighted by Crippen LogP contribution is 2.25. The lowest BCUT2D eigenvalue weighted by Gasteiger charge is -2.40. The van der Waals surface area contributed by atoms with E-state index in [0.29, 0.717) is 0 Å². The van der Waals surface area contributed by atoms with E-state index in [1.807, 2.05) is 0 Å². The predicted octanol–water partition coefficient (Wildman–Crippen LogP) is -0.352. The minimum absolute atomic E-state index is 0.0562. The molecular formula is C18H29NO10. The van der Waals surface area contributed by atoms with Gasteiger partial charge in [-0.2, -0.15) is 0 Å². The summed E-state index contributed by atoms with van der Waals surface area (Å²) in [5.41, 5.74) is 0. The van der Waals surface area contributed by atoms with Crippen molar-refractivity contribution in [2.24, 2.45) is 0 Å². The van der Waals surface area contributed by atoms with Gasteiger partial charge in [0.25, 0.3) is 0 Å². The van der Waals surface area contributed by atoms with Crippen LogP contribution < -0.4 is 0 Å². The summed E-state index contributed by atoms with van der Waals surface area (Å²) in [5.74, 6) is -2.36. The standard InChI is InChI=1S/C18H29NO10/c1-10(19(5)6)17(23)24-7-8-25-18-16(29-13(4)22)15(28-12(3)21)14(9-26-18)27-11(2)20/h10,14-16,18H,7-9H2,1-6H3. The quantitative estimate of drug-likeness (QED) is 0.276. The van der Waals surface area contributed by atoms with E-state index in [-0.39, 0.29) is 19.8 Å². The fourth-order valence-corrected chi connectivity index (χ4v) is 2.49. The van der Waals surface area contributed by atoms with E-state index in [1.165, 1.54) is 20.8 Å². The van der Waals surface area contributed by atoms with Crippen molar-refractivity contribution in [3.8, 4) is 0 Å². The third-order valence-electron chi connectivity index (χ3n) is 4.03. The van der Waals surface area contributed by atoms with Crippen LogP contribution in [0.1, 0.15) is 27.7 Å². The molecule has 1 fully saturated rings. The maximum Gasteiger partial charge on any atom is 0.323 e. The Labute approximate surface area is 169 Å². The number of carbonyl (C=O) groups excluding carboxylic acids is 4. The normalized spacial score (nSPS) is 25.1. The van der Waals surface area contributed by atoms with Crippen molar-refractivity contribution < 1.29 is 47.6 Å². The second kappa shape index (κ2) is 11.7. The van der Waals surface area contributed by atoms with Crippen LogP contribution in [0.15, 0.2) is 0 Å². The molecule has 11 heteroatoms. The number of likely N-dealkylation sites (N-methyl/N-ethyl adjacent to an activating group) is 1. The molecule has 0 saturated carbocycles. The van der Waals surface area contributed by atoms with E-state index in [0.717, 1.165) is 0 Å². The van der Waals surface area contributed by atoms with Crippen LogP contribution in [0.5, 0.6) is 0 Å². The molecule has 0 spiro atoms. The summed E-state index contributed by atoms with van der Waals surface area (Å²) >= 11 is 0. The molecule has 166 valence electrons. The molecule has 11 nitrogen and oxygen atoms in total. The van der Waals surface area contributed by atoms with Gasteiger partial charge in [-0.25, -0.2) is 0 Å². The van der Waals surface area contributed by atoms with Gasteiger partial charge in [0.15, 0.2) is 24.6 Å². The molecule has 5 unspecified atom stereocenters. The number of ether oxygens (including phenoxy) is 6. The molecule has 0 N–H and O–H groups in total. The van der Waals surface area contributed by atoms with Gasteiger partial charge in [0.05, 0.1) is 13.2 Å². The summed E-state index contributed by atoms with van der Waals surface area (Å²) in [7, 11) is 3.49. The van der Waals surface area contributed by atoms with E-state index in [2.05, 4.69) is 0 Å². The fraction of sp³-hybridized carbons (Fsp3) is 0.778. The van der Waals surface area contributed by atoms with Crippen LogP contribution in [0.4, 0.5) is 0 Å². The molecule has 0 aromatic rings. The Morgan fingerprint density at radius 2 is 1.48 bits per heavy atom. The zero-order valence-electron chi connectivity index (χ0n) is 17.5. The first kappa shape index (κ1) is 24.8. The van der Waals surface area contributed by atoms with Crippen molar-refractivity contribution in [3.63, 3.8) is 0 Å². The molecule has 1 aliphatic rings. The Morgan fingerprint density at radius 3 is 2.00 bits per heavy atom. The third kappa shape index (κ3) is 8.34. The molecule has 0 aliphatic carbocycles. The molecule has 1 aliphatic heterocycles. The zero-order chi connectivity index (χ0) is 22.1. The van der Waals surface area contributed by atoms with Gasteiger partial charge < -0.3 is 28.4 Å². The maximum absolute atomic E-state index is 11.8. The van der Waals surface area contributed by atoms with Crippen molar-refractivity contribution >= 4 is 23.9 Å². The van der Waals surface area contributed by atoms with Gasteiger partial charge in [-0.1, -0.05) is 0 Å². The van der Waals surface area contributed by atoms with Gasteiger partial charge in [0.1, 0.15) is 12.6 Å². The van der Waals surface area contributed by atoms with Gasteiger partial charge in [-0.15, -0.1) is 0 Å². The average molecular weight is 419 g/mol. The summed E-state index contributed by atoms with van der Waals surface area (Å²) in [6.07, 6.45) is -4.37. The average Bonchev–Trinajstić information content (AvgIpc) is 2.60. The van der Waals surface area contributed by atoms with Crippen LogP contribution in [-0.2, 0) is 47.6 Å². The molecule has 0 bridgehead atoms. The van der Waals surface area contributed by atoms with Crippen molar-refractivity contribution in [1.82, 2.24) is 4.90 Å². The van der Waals surface area contributed by atoms with Crippen LogP contribution in [0.3, 0.4) is 0 Å². The zero-order valence-corrected chi connectivity index (χ0v) is 17.5. The molecule has 1 heterocycles. The summed E-state index contributed by atoms with van der Waals surface area (Å²) in [4.78, 5) is 47.9. The number of rotatable bonds is 9. The third-order valence-corrected chi connectivity index (χ3v) is 4.03. The highest BCUT2D eigenvalue weighted by molar-refractivity contribution is 5.75. The van der Waals surface area contributed by atoms with Gasteiger partial charge in [0.2, 0.25) is 0 Å². The minimum Gasteiger partial charge on any atom is -0.462 e. The fourth-order valence-electron chi connectivity index (χ4n) is 2.49. The second-order valence-electron chi connectivity index (χ2n) is 6.68. The lowest BCUT2D eigenvalue weighted by Crippen LogP contribution is -2.58. The van der Waals surface area contributed by atoms with E-state index in [9.17, 15) is 19.2 Å². The maximum atomic E-state index is 11.8. The van der Waals surface area contributed by atoms with Gasteiger partial charge in [-0.3, -0.25) is 24.1 Å². The van der Waals surface area contributed by atoms with Crippen LogP contribution in [0, 0.1) is 0 Å². The lowest BCUT2D eigenvalue weighted by atomic mass is 10.0. The number of esters is 4. The molecule has 5 atom stereocenters. The SMILES string of the molecule is CC(=O)OC1COC(OCCOC(=O)C(C)N(C)C)C(OC(C)=O)C1OC(C)=O. The van der Waals surface area contributed by atoms with E-state index in [4.69, 9.17) is 28.4 Å². The summed E-state index contributed by atoms with van der Waals surface area (Å²) in [6, 6.07) is -0.424. The Kier molecular flexibility index (Phi) is 9.99. The Morgan fingerprint density at radius 1 is 0.931 bits per heavy atom. The smallest absolute Gasteiger partial charge is 0.323 e. The van der Waals surface area contributed by atoms with E-state index in [1.54, 1.807) is 25.9 Å². The summed E-state index contributed by atoms with van der Waals surface area (Å²) in [5, 5.41) is 0. The first-order valence-electron chi connectivity index (χ1n) is 9.10. The van der Waals surface area contributed by atoms with E-state index >= 15 is 0 Å². The molecule has 0 radical (unpaired) electrons. The molecule has 0 aromatic heterocycles. The number of hydrogen-bond acceptors (Lipinski definition) is 11. The molecule has 0 amide bonds. The van der Waals surface area contributed by atoms with Crippen LogP contribution >= 0.6 is 0 Å². The van der Waals surface area contributed by atoms with Crippen molar-refractivity contribution in [2.45, 2.75) is 58.3 Å². The summed E-state index contributed by atoms with van der Waals surface area (Å²) in [6.45, 7) is 4.97. The summed E-state index contributed by atoms with van der Waals surface area (Å²) < 4.78 is 31.7. The van der Waals surface area contributed by atoms with Gasteiger partial charge in [-0.05, 0) is 21.0 Å². The number of hydrogen-bond donors (Lipinski definition) is 0. The van der Waals surface area contributed by atoms with Gasteiger partial charge in [0, 0.05) is 20.8 Å². The molecule has 0 aromatic carbocycles. The van der Waals surface area contributed by atoms with E-state index < -0.39 is 54.5 Å². The number of nitrogens with zero attached hydrogens (tertiary/aromatic N) is 1. The van der Waals surface area contributed by atoms with Crippen LogP contribution in [-0.4, -0.2) is 93.3 Å². The lowest BCUT2D eigenvalue weighted by molar-refractivity contribution is -0.282. The van der Waals surface area contributed by atoms with Crippen molar-refractivity contribution in [1.29, 1.82) is 0 Å². The molecule has 1 rings (SSSR count). The Balaban J connectivity index is 2.76. The van der Waals surface area contributed by atoms with Crippen LogP contribution in [0.2, 0.25) is 0 Å². The predicted molar refractivity (Wildman–Crippen MR) is 96.5 cm³/mol. The highest BCUT2D eigenvalue weighted by Gasteiger charge is 2.47. The largest absolute Gasteiger partial charge is 0.462 e. The topological polar surface area (TPSA) is 127 Å². The molecular weight excluding hydrogens is 390 g/mol. The first-order valence-corrected chi connectivity index (χ1v) is 9.10. The van der Waals surface area contributed by atoms with Gasteiger partial charge >= 0.3 is 23.9 Å². The molecule has 1 saturated heterocycles. The number of carbonyl (C=O) groups is 4. The minimum atomic E-state index is -1.18.